The van der Waals surface area contributed by atoms with Crippen LogP contribution in [0.2, 0.25) is 0 Å². The van der Waals surface area contributed by atoms with Crippen LogP contribution >= 0.6 is 11.8 Å². The van der Waals surface area contributed by atoms with Crippen molar-refractivity contribution in [3.05, 3.63) is 18.1 Å². The number of hydrogen-bond acceptors (Lipinski definition) is 6. The molecule has 3 heterocycles. The highest BCUT2D eigenvalue weighted by Crippen LogP contribution is 2.29. The third kappa shape index (κ3) is 4.86. The van der Waals surface area contributed by atoms with Gasteiger partial charge in [-0.05, 0) is 44.6 Å². The molecular weight excluding hydrogens is 388 g/mol. The van der Waals surface area contributed by atoms with Gasteiger partial charge in [0, 0.05) is 12.6 Å². The van der Waals surface area contributed by atoms with E-state index in [1.54, 1.807) is 6.26 Å². The summed E-state index contributed by atoms with van der Waals surface area (Å²) in [5.74, 6) is 2.55. The molecule has 1 saturated carbocycles. The first-order chi connectivity index (χ1) is 14.1. The average molecular weight is 419 g/mol. The number of furan rings is 1. The smallest absolute Gasteiger partial charge is 0.230 e. The second kappa shape index (κ2) is 9.34. The fourth-order valence-corrected chi connectivity index (χ4v) is 5.04. The summed E-state index contributed by atoms with van der Waals surface area (Å²) >= 11 is 1.44. The molecule has 1 amide bonds. The van der Waals surface area contributed by atoms with Crippen molar-refractivity contribution in [3.63, 3.8) is 0 Å². The van der Waals surface area contributed by atoms with Crippen molar-refractivity contribution in [2.45, 2.75) is 76.2 Å². The molecule has 7 nitrogen and oxygen atoms in total. The van der Waals surface area contributed by atoms with Crippen molar-refractivity contribution in [2.75, 3.05) is 12.4 Å². The van der Waals surface area contributed by atoms with Gasteiger partial charge >= 0.3 is 0 Å². The molecular formula is C21H30N4O3S. The molecule has 2 aromatic heterocycles. The molecule has 4 rings (SSSR count). The van der Waals surface area contributed by atoms with Gasteiger partial charge in [-0.2, -0.15) is 0 Å². The third-order valence-electron chi connectivity index (χ3n) is 6.02. The Morgan fingerprint density at radius 2 is 2.14 bits per heavy atom. The van der Waals surface area contributed by atoms with Gasteiger partial charge in [0.2, 0.25) is 5.91 Å². The number of thioether (sulfide) groups is 1. The molecule has 2 aromatic rings. The van der Waals surface area contributed by atoms with E-state index in [4.69, 9.17) is 9.15 Å². The Hall–Kier alpha value is -1.80. The minimum atomic E-state index is 0.0708. The van der Waals surface area contributed by atoms with Gasteiger partial charge in [0.05, 0.1) is 30.2 Å². The molecule has 2 fully saturated rings. The Morgan fingerprint density at radius 3 is 2.86 bits per heavy atom. The summed E-state index contributed by atoms with van der Waals surface area (Å²) in [6.45, 7) is 5.65. The van der Waals surface area contributed by atoms with E-state index >= 15 is 0 Å². The van der Waals surface area contributed by atoms with Crippen LogP contribution in [0.15, 0.2) is 21.9 Å². The van der Waals surface area contributed by atoms with Gasteiger partial charge in [-0.15, -0.1) is 10.2 Å². The third-order valence-corrected chi connectivity index (χ3v) is 6.98. The van der Waals surface area contributed by atoms with Crippen LogP contribution in [-0.4, -0.2) is 45.2 Å². The molecule has 1 saturated heterocycles. The van der Waals surface area contributed by atoms with Crippen molar-refractivity contribution < 1.29 is 13.9 Å². The van der Waals surface area contributed by atoms with Gasteiger partial charge in [-0.25, -0.2) is 0 Å². The van der Waals surface area contributed by atoms with Crippen LogP contribution in [-0.2, 0) is 16.1 Å². The number of aromatic nitrogens is 3. The number of hydrogen-bond donors (Lipinski definition) is 1. The molecule has 1 aliphatic heterocycles. The van der Waals surface area contributed by atoms with Gasteiger partial charge < -0.3 is 14.5 Å². The fraction of sp³-hybridized carbons (Fsp3) is 0.667. The van der Waals surface area contributed by atoms with Crippen LogP contribution in [0.3, 0.4) is 0 Å². The first-order valence-electron chi connectivity index (χ1n) is 10.6. The second-order valence-corrected chi connectivity index (χ2v) is 9.11. The lowest BCUT2D eigenvalue weighted by molar-refractivity contribution is -0.119. The molecule has 0 spiro atoms. The normalized spacial score (nSPS) is 24.7. The number of rotatable bonds is 7. The molecule has 2 aliphatic rings. The van der Waals surface area contributed by atoms with E-state index in [1.165, 1.54) is 31.0 Å². The Kier molecular flexibility index (Phi) is 6.60. The Balaban J connectivity index is 1.45. The van der Waals surface area contributed by atoms with E-state index in [0.29, 0.717) is 24.3 Å². The van der Waals surface area contributed by atoms with Crippen molar-refractivity contribution in [2.24, 2.45) is 5.92 Å². The Bertz CT molecular complexity index is 828. The van der Waals surface area contributed by atoms with Crippen molar-refractivity contribution in [3.8, 4) is 11.4 Å². The Morgan fingerprint density at radius 1 is 1.28 bits per heavy atom. The monoisotopic (exact) mass is 418 g/mol. The van der Waals surface area contributed by atoms with Gasteiger partial charge in [0.15, 0.2) is 11.0 Å². The van der Waals surface area contributed by atoms with Crippen LogP contribution < -0.4 is 5.32 Å². The molecule has 3 atom stereocenters. The highest BCUT2D eigenvalue weighted by molar-refractivity contribution is 7.99. The summed E-state index contributed by atoms with van der Waals surface area (Å²) in [6, 6.07) is 2.21. The topological polar surface area (TPSA) is 82.2 Å². The maximum atomic E-state index is 12.5. The fourth-order valence-electron chi connectivity index (χ4n) is 4.28. The minimum absolute atomic E-state index is 0.0708. The maximum Gasteiger partial charge on any atom is 0.230 e. The largest absolute Gasteiger partial charge is 0.469 e. The van der Waals surface area contributed by atoms with E-state index in [0.717, 1.165) is 48.2 Å². The Labute approximate surface area is 176 Å². The van der Waals surface area contributed by atoms with Crippen LogP contribution in [0.5, 0.6) is 0 Å². The van der Waals surface area contributed by atoms with E-state index in [-0.39, 0.29) is 12.0 Å². The highest BCUT2D eigenvalue weighted by Gasteiger charge is 2.25. The molecule has 29 heavy (non-hydrogen) atoms. The lowest BCUT2D eigenvalue weighted by Gasteiger charge is -2.29. The second-order valence-electron chi connectivity index (χ2n) is 8.17. The summed E-state index contributed by atoms with van der Waals surface area (Å²) < 4.78 is 13.4. The van der Waals surface area contributed by atoms with Crippen LogP contribution in [0, 0.1) is 12.8 Å². The number of aryl methyl sites for hydroxylation is 1. The quantitative estimate of drug-likeness (QED) is 0.689. The zero-order valence-electron chi connectivity index (χ0n) is 17.2. The van der Waals surface area contributed by atoms with Gasteiger partial charge in [-0.3, -0.25) is 9.36 Å². The van der Waals surface area contributed by atoms with Gasteiger partial charge in [-0.1, -0.05) is 31.5 Å². The number of ether oxygens (including phenoxy) is 1. The number of nitrogens with one attached hydrogen (secondary N) is 1. The predicted octanol–water partition coefficient (Wildman–Crippen LogP) is 3.81. The molecule has 0 radical (unpaired) electrons. The molecule has 0 bridgehead atoms. The predicted molar refractivity (Wildman–Crippen MR) is 112 cm³/mol. The molecule has 0 unspecified atom stereocenters. The van der Waals surface area contributed by atoms with E-state index < -0.39 is 0 Å². The molecule has 1 N–H and O–H groups in total. The maximum absolute atomic E-state index is 12.5. The summed E-state index contributed by atoms with van der Waals surface area (Å²) in [5.41, 5.74) is 0.933. The van der Waals surface area contributed by atoms with E-state index in [1.807, 2.05) is 13.0 Å². The SMILES string of the molecule is Cc1occc1-c1nnc(SCC(=O)N[C@H]2CCCC[C@H]2C)n1C[C@@H]1CCCO1. The van der Waals surface area contributed by atoms with Crippen molar-refractivity contribution >= 4 is 17.7 Å². The number of nitrogens with zero attached hydrogens (tertiary/aromatic N) is 3. The van der Waals surface area contributed by atoms with Crippen LogP contribution in [0.1, 0.15) is 51.2 Å². The van der Waals surface area contributed by atoms with E-state index in [9.17, 15) is 4.79 Å². The molecule has 8 heteroatoms. The lowest BCUT2D eigenvalue weighted by atomic mass is 9.86. The summed E-state index contributed by atoms with van der Waals surface area (Å²) in [5, 5.41) is 12.8. The average Bonchev–Trinajstić information content (AvgIpc) is 3.44. The highest BCUT2D eigenvalue weighted by atomic mass is 32.2. The zero-order valence-corrected chi connectivity index (χ0v) is 18.0. The van der Waals surface area contributed by atoms with Crippen LogP contribution in [0.4, 0.5) is 0 Å². The first-order valence-corrected chi connectivity index (χ1v) is 11.6. The summed E-state index contributed by atoms with van der Waals surface area (Å²) in [4.78, 5) is 12.5. The van der Waals surface area contributed by atoms with Gasteiger partial charge in [0.1, 0.15) is 5.76 Å². The summed E-state index contributed by atoms with van der Waals surface area (Å²) in [6.07, 6.45) is 8.69. The lowest BCUT2D eigenvalue weighted by Crippen LogP contribution is -2.41. The number of amides is 1. The minimum Gasteiger partial charge on any atom is -0.469 e. The number of carbonyl (C=O) groups is 1. The molecule has 1 aliphatic carbocycles. The van der Waals surface area contributed by atoms with Crippen LogP contribution in [0.25, 0.3) is 11.4 Å². The zero-order chi connectivity index (χ0) is 20.2. The number of carbonyl (C=O) groups excluding carboxylic acids is 1. The molecule has 158 valence electrons. The van der Waals surface area contributed by atoms with Gasteiger partial charge in [0.25, 0.3) is 0 Å². The van der Waals surface area contributed by atoms with E-state index in [2.05, 4.69) is 27.0 Å². The van der Waals surface area contributed by atoms with Crippen molar-refractivity contribution in [1.29, 1.82) is 0 Å². The summed E-state index contributed by atoms with van der Waals surface area (Å²) in [7, 11) is 0. The molecule has 0 aromatic carbocycles. The van der Waals surface area contributed by atoms with Crippen molar-refractivity contribution in [1.82, 2.24) is 20.1 Å². The first kappa shape index (κ1) is 20.5. The standard InChI is InChI=1S/C21H30N4O3S/c1-14-6-3-4-8-18(14)22-19(26)13-29-21-24-23-20(17-9-11-27-15(17)2)25(21)12-16-7-5-10-28-16/h9,11,14,16,18H,3-8,10,12-13H2,1-2H3,(H,22,26)/t14-,16+,18+/m1/s1.